The minimum Gasteiger partial charge on any atom is -0.507 e. The lowest BCUT2D eigenvalue weighted by molar-refractivity contribution is -0.0638. The second kappa shape index (κ2) is 7.06. The first-order valence-corrected chi connectivity index (χ1v) is 11.7. The number of fused-ring (bicyclic) bond motifs is 1. The van der Waals surface area contributed by atoms with Crippen molar-refractivity contribution in [2.24, 2.45) is 23.2 Å². The molecule has 0 unspecified atom stereocenters. The summed E-state index contributed by atoms with van der Waals surface area (Å²) in [5, 5.41) is 15.6. The number of esters is 1. The van der Waals surface area contributed by atoms with Gasteiger partial charge >= 0.3 is 5.97 Å². The van der Waals surface area contributed by atoms with E-state index < -0.39 is 5.97 Å². The molecular weight excluding hydrogens is 402 g/mol. The van der Waals surface area contributed by atoms with Crippen molar-refractivity contribution in [2.45, 2.75) is 52.0 Å². The Bertz CT molecular complexity index is 1190. The molecule has 2 heterocycles. The molecule has 4 fully saturated rings. The van der Waals surface area contributed by atoms with Gasteiger partial charge in [-0.1, -0.05) is 6.07 Å². The first-order chi connectivity index (χ1) is 15.5. The van der Waals surface area contributed by atoms with E-state index in [0.29, 0.717) is 21.9 Å². The largest absolute Gasteiger partial charge is 0.507 e. The third-order valence-electron chi connectivity index (χ3n) is 8.32. The lowest BCUT2D eigenvalue weighted by atomic mass is 9.49. The van der Waals surface area contributed by atoms with E-state index in [1.165, 1.54) is 57.9 Å². The van der Waals surface area contributed by atoms with E-state index >= 15 is 0 Å². The maximum absolute atomic E-state index is 12.8. The zero-order valence-corrected chi connectivity index (χ0v) is 18.7. The SMILES string of the molecule is COC(=O)c1c(-c2cnn(CC34CC5CC(CC(C5)C3)C4)c2C)ccc2c(O)ccnc12. The summed E-state index contributed by atoms with van der Waals surface area (Å²) >= 11 is 0. The van der Waals surface area contributed by atoms with E-state index in [9.17, 15) is 9.90 Å². The number of aromatic nitrogens is 3. The van der Waals surface area contributed by atoms with E-state index in [4.69, 9.17) is 9.84 Å². The third kappa shape index (κ3) is 2.95. The number of rotatable bonds is 4. The molecule has 3 aromatic rings. The first-order valence-electron chi connectivity index (χ1n) is 11.7. The van der Waals surface area contributed by atoms with Crippen LogP contribution in [0, 0.1) is 30.1 Å². The van der Waals surface area contributed by atoms with Crippen molar-refractivity contribution in [3.8, 4) is 16.9 Å². The van der Waals surface area contributed by atoms with Crippen LogP contribution in [0.15, 0.2) is 30.6 Å². The molecule has 0 saturated heterocycles. The maximum atomic E-state index is 12.8. The summed E-state index contributed by atoms with van der Waals surface area (Å²) in [4.78, 5) is 17.2. The molecule has 0 spiro atoms. The number of carbonyl (C=O) groups excluding carboxylic acids is 1. The minimum atomic E-state index is -0.461. The molecule has 1 aromatic carbocycles. The number of pyridine rings is 1. The molecular formula is C26H29N3O3. The summed E-state index contributed by atoms with van der Waals surface area (Å²) in [5.74, 6) is 2.35. The number of ether oxygens (including phenoxy) is 1. The van der Waals surface area contributed by atoms with E-state index in [0.717, 1.165) is 41.1 Å². The lowest BCUT2D eigenvalue weighted by Crippen LogP contribution is -2.48. The van der Waals surface area contributed by atoms with Crippen LogP contribution in [0.5, 0.6) is 5.75 Å². The Kier molecular flexibility index (Phi) is 4.36. The highest BCUT2D eigenvalue weighted by atomic mass is 16.5. The maximum Gasteiger partial charge on any atom is 0.340 e. The van der Waals surface area contributed by atoms with Gasteiger partial charge in [-0.2, -0.15) is 5.10 Å². The number of nitrogens with zero attached hydrogens (tertiary/aromatic N) is 3. The standard InChI is InChI=1S/C26H29N3O3/c1-15-21(19-3-4-20-22(30)5-6-27-24(20)23(19)25(31)32-2)13-28-29(15)14-26-10-16-7-17(11-26)9-18(8-16)12-26/h3-6,13,16-18H,7-12,14H2,1-2H3,(H,27,30). The van der Waals surface area contributed by atoms with E-state index in [2.05, 4.69) is 16.6 Å². The monoisotopic (exact) mass is 431 g/mol. The lowest BCUT2D eigenvalue weighted by Gasteiger charge is -2.56. The summed E-state index contributed by atoms with van der Waals surface area (Å²) in [6.07, 6.45) is 11.7. The Morgan fingerprint density at radius 1 is 1.12 bits per heavy atom. The Morgan fingerprint density at radius 3 is 2.47 bits per heavy atom. The Labute approximate surface area is 187 Å². The number of aromatic hydroxyl groups is 1. The topological polar surface area (TPSA) is 77.2 Å². The van der Waals surface area contributed by atoms with Crippen LogP contribution in [0.2, 0.25) is 0 Å². The van der Waals surface area contributed by atoms with Crippen molar-refractivity contribution in [1.29, 1.82) is 0 Å². The summed E-state index contributed by atoms with van der Waals surface area (Å²) in [5.41, 5.74) is 3.93. The van der Waals surface area contributed by atoms with Gasteiger partial charge in [0.2, 0.25) is 0 Å². The average Bonchev–Trinajstić information content (AvgIpc) is 3.11. The zero-order valence-electron chi connectivity index (χ0n) is 18.7. The smallest absolute Gasteiger partial charge is 0.340 e. The molecule has 4 bridgehead atoms. The summed E-state index contributed by atoms with van der Waals surface area (Å²) in [6.45, 7) is 3.05. The molecule has 4 aliphatic carbocycles. The van der Waals surface area contributed by atoms with Gasteiger partial charge in [-0.25, -0.2) is 4.79 Å². The molecule has 0 amide bonds. The number of carbonyl (C=O) groups is 1. The second-order valence-corrected chi connectivity index (χ2v) is 10.4. The number of methoxy groups -OCH3 is 1. The first kappa shape index (κ1) is 19.8. The van der Waals surface area contributed by atoms with Crippen molar-refractivity contribution in [3.63, 3.8) is 0 Å². The van der Waals surface area contributed by atoms with Gasteiger partial charge in [-0.05, 0) is 80.8 Å². The van der Waals surface area contributed by atoms with Crippen LogP contribution in [0.4, 0.5) is 0 Å². The molecule has 1 N–H and O–H groups in total. The van der Waals surface area contributed by atoms with Crippen LogP contribution >= 0.6 is 0 Å². The van der Waals surface area contributed by atoms with Gasteiger partial charge in [0.1, 0.15) is 5.75 Å². The predicted octanol–water partition coefficient (Wildman–Crippen LogP) is 5.12. The van der Waals surface area contributed by atoms with E-state index in [1.807, 2.05) is 18.3 Å². The van der Waals surface area contributed by atoms with Gasteiger partial charge in [-0.15, -0.1) is 0 Å². The Hall–Kier alpha value is -2.89. The van der Waals surface area contributed by atoms with Crippen molar-refractivity contribution in [3.05, 3.63) is 41.9 Å². The minimum absolute atomic E-state index is 0.0981. The molecule has 32 heavy (non-hydrogen) atoms. The molecule has 0 atom stereocenters. The van der Waals surface area contributed by atoms with Crippen LogP contribution < -0.4 is 0 Å². The molecule has 0 radical (unpaired) electrons. The van der Waals surface area contributed by atoms with Crippen molar-refractivity contribution >= 4 is 16.9 Å². The number of benzene rings is 1. The molecule has 7 rings (SSSR count). The quantitative estimate of drug-likeness (QED) is 0.581. The molecule has 2 aromatic heterocycles. The summed E-state index contributed by atoms with van der Waals surface area (Å²) < 4.78 is 7.25. The van der Waals surface area contributed by atoms with Gasteiger partial charge in [0.15, 0.2) is 0 Å². The fraction of sp³-hybridized carbons (Fsp3) is 0.500. The average molecular weight is 432 g/mol. The van der Waals surface area contributed by atoms with Crippen LogP contribution in [-0.2, 0) is 11.3 Å². The zero-order chi connectivity index (χ0) is 22.0. The van der Waals surface area contributed by atoms with Crippen LogP contribution in [0.1, 0.15) is 54.6 Å². The molecule has 4 saturated carbocycles. The highest BCUT2D eigenvalue weighted by Gasteiger charge is 2.51. The summed E-state index contributed by atoms with van der Waals surface area (Å²) in [7, 11) is 1.37. The molecule has 6 nitrogen and oxygen atoms in total. The van der Waals surface area contributed by atoms with Crippen LogP contribution in [0.3, 0.4) is 0 Å². The van der Waals surface area contributed by atoms with Gasteiger partial charge in [0.05, 0.1) is 24.4 Å². The second-order valence-electron chi connectivity index (χ2n) is 10.4. The molecule has 4 aliphatic rings. The Morgan fingerprint density at radius 2 is 1.81 bits per heavy atom. The van der Waals surface area contributed by atoms with Gasteiger partial charge in [0.25, 0.3) is 0 Å². The van der Waals surface area contributed by atoms with Crippen molar-refractivity contribution < 1.29 is 14.6 Å². The molecule has 0 aliphatic heterocycles. The molecule has 6 heteroatoms. The number of hydrogen-bond donors (Lipinski definition) is 1. The van der Waals surface area contributed by atoms with Crippen molar-refractivity contribution in [2.75, 3.05) is 7.11 Å². The van der Waals surface area contributed by atoms with Gasteiger partial charge in [0, 0.05) is 34.9 Å². The van der Waals surface area contributed by atoms with E-state index in [1.54, 1.807) is 0 Å². The summed E-state index contributed by atoms with van der Waals surface area (Å²) in [6, 6.07) is 5.21. The predicted molar refractivity (Wildman–Crippen MR) is 121 cm³/mol. The highest BCUT2D eigenvalue weighted by molar-refractivity contribution is 6.10. The van der Waals surface area contributed by atoms with Gasteiger partial charge < -0.3 is 9.84 Å². The third-order valence-corrected chi connectivity index (χ3v) is 8.32. The van der Waals surface area contributed by atoms with Crippen LogP contribution in [0.25, 0.3) is 22.0 Å². The normalized spacial score (nSPS) is 28.4. The Balaban J connectivity index is 1.41. The van der Waals surface area contributed by atoms with Gasteiger partial charge in [-0.3, -0.25) is 9.67 Å². The fourth-order valence-electron chi connectivity index (χ4n) is 7.41. The molecule has 166 valence electrons. The van der Waals surface area contributed by atoms with E-state index in [-0.39, 0.29) is 5.75 Å². The number of hydrogen-bond acceptors (Lipinski definition) is 5. The van der Waals surface area contributed by atoms with Crippen molar-refractivity contribution in [1.82, 2.24) is 14.8 Å². The highest BCUT2D eigenvalue weighted by Crippen LogP contribution is 2.60. The fourth-order valence-corrected chi connectivity index (χ4v) is 7.41. The van der Waals surface area contributed by atoms with Crippen LogP contribution in [-0.4, -0.2) is 33.0 Å².